The van der Waals surface area contributed by atoms with Crippen molar-refractivity contribution >= 4 is 16.4 Å². The fraction of sp³-hybridized carbons (Fsp3) is 0.810. The van der Waals surface area contributed by atoms with Crippen LogP contribution in [0.3, 0.4) is 0 Å². The van der Waals surface area contributed by atoms with Gasteiger partial charge in [0.15, 0.2) is 8.32 Å². The summed E-state index contributed by atoms with van der Waals surface area (Å²) in [6.45, 7) is 31.6. The first kappa shape index (κ1) is 23.7. The Morgan fingerprint density at radius 3 is 1.71 bits per heavy atom. The standard InChI is InChI=1S/C21H42OSi2/c1-14-16-21(8,9)18(22-24(12,13)20(5,6)7)15-17-23(10,11)19(2,3)4/h14,18H,1,16H2,2-13H3. The van der Waals surface area contributed by atoms with E-state index in [1.165, 1.54) is 0 Å². The molecule has 0 fully saturated rings. The molecule has 3 heteroatoms. The predicted octanol–water partition coefficient (Wildman–Crippen LogP) is 7.03. The van der Waals surface area contributed by atoms with Gasteiger partial charge in [-0.05, 0) is 29.6 Å². The van der Waals surface area contributed by atoms with Crippen LogP contribution < -0.4 is 0 Å². The van der Waals surface area contributed by atoms with Gasteiger partial charge in [0.05, 0.1) is 0 Å². The molecule has 1 unspecified atom stereocenters. The highest BCUT2D eigenvalue weighted by molar-refractivity contribution is 6.87. The van der Waals surface area contributed by atoms with E-state index >= 15 is 0 Å². The van der Waals surface area contributed by atoms with Crippen molar-refractivity contribution in [3.63, 3.8) is 0 Å². The molecule has 0 amide bonds. The van der Waals surface area contributed by atoms with Gasteiger partial charge < -0.3 is 4.43 Å². The highest BCUT2D eigenvalue weighted by atomic mass is 28.4. The van der Waals surface area contributed by atoms with Crippen LogP contribution in [0.15, 0.2) is 12.7 Å². The summed E-state index contributed by atoms with van der Waals surface area (Å²) < 4.78 is 6.77. The van der Waals surface area contributed by atoms with Gasteiger partial charge in [0.25, 0.3) is 0 Å². The third-order valence-corrected chi connectivity index (χ3v) is 14.9. The van der Waals surface area contributed by atoms with Gasteiger partial charge in [-0.2, -0.15) is 0 Å². The topological polar surface area (TPSA) is 9.23 Å². The van der Waals surface area contributed by atoms with Crippen molar-refractivity contribution in [3.8, 4) is 11.5 Å². The third kappa shape index (κ3) is 6.20. The molecule has 1 atom stereocenters. The van der Waals surface area contributed by atoms with Crippen molar-refractivity contribution in [1.29, 1.82) is 0 Å². The summed E-state index contributed by atoms with van der Waals surface area (Å²) in [5.74, 6) is 3.60. The molecule has 0 aliphatic rings. The summed E-state index contributed by atoms with van der Waals surface area (Å²) in [5, 5.41) is 0.457. The summed E-state index contributed by atoms with van der Waals surface area (Å²) in [4.78, 5) is 0. The van der Waals surface area contributed by atoms with Crippen LogP contribution in [-0.4, -0.2) is 22.5 Å². The lowest BCUT2D eigenvalue weighted by Crippen LogP contribution is -2.47. The quantitative estimate of drug-likeness (QED) is 0.288. The average Bonchev–Trinajstić information content (AvgIpc) is 2.31. The SMILES string of the molecule is C=CCC(C)(C)C(C#C[Si](C)(C)C(C)(C)C)O[Si](C)(C)C(C)(C)C. The van der Waals surface area contributed by atoms with Crippen LogP contribution in [0.4, 0.5) is 0 Å². The number of allylic oxidation sites excluding steroid dienone is 1. The van der Waals surface area contributed by atoms with E-state index < -0.39 is 16.4 Å². The van der Waals surface area contributed by atoms with E-state index in [1.54, 1.807) is 0 Å². The minimum Gasteiger partial charge on any atom is -0.403 e. The Bertz CT molecular complexity index is 491. The zero-order valence-corrected chi connectivity index (χ0v) is 20.5. The van der Waals surface area contributed by atoms with Crippen LogP contribution in [0.1, 0.15) is 61.8 Å². The number of hydrogen-bond donors (Lipinski definition) is 0. The molecule has 0 aliphatic heterocycles. The minimum absolute atomic E-state index is 0.0212. The molecule has 0 aromatic heterocycles. The number of rotatable bonds is 5. The van der Waals surface area contributed by atoms with Crippen LogP contribution in [0.25, 0.3) is 0 Å². The number of hydrogen-bond acceptors (Lipinski definition) is 1. The Labute approximate surface area is 154 Å². The molecule has 0 bridgehead atoms. The Balaban J connectivity index is 5.84. The van der Waals surface area contributed by atoms with Gasteiger partial charge in [-0.25, -0.2) is 0 Å². The molecule has 1 nitrogen and oxygen atoms in total. The molecule has 0 aromatic carbocycles. The second-order valence-electron chi connectivity index (χ2n) is 10.9. The lowest BCUT2D eigenvalue weighted by molar-refractivity contribution is 0.109. The Hall–Kier alpha value is -0.306. The fourth-order valence-corrected chi connectivity index (χ4v) is 3.96. The van der Waals surface area contributed by atoms with Gasteiger partial charge in [-0.3, -0.25) is 0 Å². The third-order valence-electron chi connectivity index (χ3n) is 5.99. The summed E-state index contributed by atoms with van der Waals surface area (Å²) >= 11 is 0. The van der Waals surface area contributed by atoms with Crippen molar-refractivity contribution in [2.75, 3.05) is 0 Å². The summed E-state index contributed by atoms with van der Waals surface area (Å²) in [6, 6.07) is 0. The second kappa shape index (κ2) is 7.52. The Morgan fingerprint density at radius 1 is 0.917 bits per heavy atom. The molecule has 0 saturated heterocycles. The first-order valence-electron chi connectivity index (χ1n) is 9.19. The summed E-state index contributed by atoms with van der Waals surface area (Å²) in [5.41, 5.74) is 3.67. The van der Waals surface area contributed by atoms with E-state index in [9.17, 15) is 0 Å². The zero-order chi connectivity index (χ0) is 19.6. The van der Waals surface area contributed by atoms with Crippen molar-refractivity contribution in [3.05, 3.63) is 12.7 Å². The molecule has 0 rings (SSSR count). The van der Waals surface area contributed by atoms with Crippen molar-refractivity contribution in [2.24, 2.45) is 5.41 Å². The first-order valence-corrected chi connectivity index (χ1v) is 15.1. The minimum atomic E-state index is -1.87. The lowest BCUT2D eigenvalue weighted by Gasteiger charge is -2.42. The smallest absolute Gasteiger partial charge is 0.193 e. The van der Waals surface area contributed by atoms with E-state index in [4.69, 9.17) is 4.43 Å². The Kier molecular flexibility index (Phi) is 7.42. The molecule has 0 heterocycles. The lowest BCUT2D eigenvalue weighted by atomic mass is 9.83. The van der Waals surface area contributed by atoms with Crippen LogP contribution >= 0.6 is 0 Å². The van der Waals surface area contributed by atoms with Crippen molar-refractivity contribution in [2.45, 2.75) is 104 Å². The Morgan fingerprint density at radius 2 is 1.38 bits per heavy atom. The van der Waals surface area contributed by atoms with E-state index in [0.29, 0.717) is 0 Å². The van der Waals surface area contributed by atoms with E-state index in [1.807, 2.05) is 6.08 Å². The predicted molar refractivity (Wildman–Crippen MR) is 116 cm³/mol. The molecule has 24 heavy (non-hydrogen) atoms. The van der Waals surface area contributed by atoms with Gasteiger partial charge in [0.1, 0.15) is 14.2 Å². The van der Waals surface area contributed by atoms with Gasteiger partial charge in [0.2, 0.25) is 0 Å². The maximum atomic E-state index is 6.77. The van der Waals surface area contributed by atoms with Gasteiger partial charge in [0, 0.05) is 5.41 Å². The second-order valence-corrected chi connectivity index (χ2v) is 20.6. The van der Waals surface area contributed by atoms with Crippen LogP contribution in [0, 0.1) is 16.9 Å². The fourth-order valence-electron chi connectivity index (χ4n) is 1.77. The molecule has 0 aromatic rings. The van der Waals surface area contributed by atoms with E-state index in [-0.39, 0.29) is 21.6 Å². The zero-order valence-electron chi connectivity index (χ0n) is 18.5. The molecule has 0 aliphatic carbocycles. The summed E-state index contributed by atoms with van der Waals surface area (Å²) in [7, 11) is -3.51. The average molecular weight is 367 g/mol. The molecule has 0 N–H and O–H groups in total. The molecular weight excluding hydrogens is 324 g/mol. The van der Waals surface area contributed by atoms with E-state index in [2.05, 4.69) is 99.6 Å². The highest BCUT2D eigenvalue weighted by Gasteiger charge is 2.42. The molecule has 140 valence electrons. The van der Waals surface area contributed by atoms with Crippen molar-refractivity contribution < 1.29 is 4.43 Å². The monoisotopic (exact) mass is 366 g/mol. The van der Waals surface area contributed by atoms with Crippen LogP contribution in [0.5, 0.6) is 0 Å². The molecule has 0 saturated carbocycles. The maximum absolute atomic E-state index is 6.77. The molecular formula is C21H42OSi2. The van der Waals surface area contributed by atoms with Gasteiger partial charge in [-0.1, -0.05) is 80.5 Å². The van der Waals surface area contributed by atoms with Crippen LogP contribution in [0.2, 0.25) is 36.3 Å². The van der Waals surface area contributed by atoms with Gasteiger partial charge in [-0.15, -0.1) is 12.1 Å². The molecule has 0 radical (unpaired) electrons. The molecule has 0 spiro atoms. The summed E-state index contributed by atoms with van der Waals surface area (Å²) in [6.07, 6.45) is 2.87. The first-order chi connectivity index (χ1) is 10.4. The normalized spacial score (nSPS) is 15.5. The van der Waals surface area contributed by atoms with Crippen LogP contribution in [-0.2, 0) is 4.43 Å². The maximum Gasteiger partial charge on any atom is 0.193 e. The highest BCUT2D eigenvalue weighted by Crippen LogP contribution is 2.41. The van der Waals surface area contributed by atoms with Crippen molar-refractivity contribution in [1.82, 2.24) is 0 Å². The largest absolute Gasteiger partial charge is 0.403 e. The van der Waals surface area contributed by atoms with Gasteiger partial charge >= 0.3 is 0 Å². The van der Waals surface area contributed by atoms with E-state index in [0.717, 1.165) is 6.42 Å².